The van der Waals surface area contributed by atoms with Crippen molar-refractivity contribution in [2.45, 2.75) is 13.8 Å². The topological polar surface area (TPSA) is 85.1 Å². The van der Waals surface area contributed by atoms with Gasteiger partial charge in [0, 0.05) is 11.3 Å². The third kappa shape index (κ3) is 3.00. The highest BCUT2D eigenvalue weighted by atomic mass is 16.1. The van der Waals surface area contributed by atoms with Crippen LogP contribution in [-0.2, 0) is 0 Å². The standard InChI is InChI=1S/C15H15N3O2/c1-9-14(7-12(16)8-17-9)15(20)18-13-5-3-11(4-6-13)10(2)19/h3-8H,16H2,1-2H3,(H,18,20). The third-order valence-electron chi connectivity index (χ3n) is 2.90. The van der Waals surface area contributed by atoms with Gasteiger partial charge in [0.2, 0.25) is 0 Å². The maximum atomic E-state index is 12.1. The van der Waals surface area contributed by atoms with Gasteiger partial charge >= 0.3 is 0 Å². The van der Waals surface area contributed by atoms with Crippen molar-refractivity contribution in [3.8, 4) is 0 Å². The van der Waals surface area contributed by atoms with Gasteiger partial charge in [-0.2, -0.15) is 0 Å². The van der Waals surface area contributed by atoms with Gasteiger partial charge in [0.15, 0.2) is 5.78 Å². The van der Waals surface area contributed by atoms with E-state index in [0.717, 1.165) is 0 Å². The number of nitrogen functional groups attached to an aromatic ring is 1. The van der Waals surface area contributed by atoms with E-state index in [9.17, 15) is 9.59 Å². The van der Waals surface area contributed by atoms with Crippen molar-refractivity contribution >= 4 is 23.1 Å². The summed E-state index contributed by atoms with van der Waals surface area (Å²) < 4.78 is 0. The predicted molar refractivity (Wildman–Crippen MR) is 77.8 cm³/mol. The average molecular weight is 269 g/mol. The highest BCUT2D eigenvalue weighted by molar-refractivity contribution is 6.05. The number of pyridine rings is 1. The number of amides is 1. The molecule has 0 radical (unpaired) electrons. The molecule has 1 aromatic carbocycles. The number of nitrogens with one attached hydrogen (secondary N) is 1. The number of nitrogens with two attached hydrogens (primary N) is 1. The Labute approximate surface area is 116 Å². The molecule has 0 saturated heterocycles. The van der Waals surface area contributed by atoms with E-state index in [0.29, 0.717) is 28.2 Å². The maximum Gasteiger partial charge on any atom is 0.257 e. The second-order valence-corrected chi connectivity index (χ2v) is 4.49. The van der Waals surface area contributed by atoms with E-state index in [1.807, 2.05) is 0 Å². The number of hydrogen-bond donors (Lipinski definition) is 2. The lowest BCUT2D eigenvalue weighted by Crippen LogP contribution is -2.14. The van der Waals surface area contributed by atoms with Gasteiger partial charge in [0.05, 0.1) is 23.1 Å². The zero-order valence-corrected chi connectivity index (χ0v) is 11.3. The minimum absolute atomic E-state index is 0.0150. The molecule has 0 aliphatic heterocycles. The second-order valence-electron chi connectivity index (χ2n) is 4.49. The summed E-state index contributed by atoms with van der Waals surface area (Å²) in [7, 11) is 0. The number of anilines is 2. The molecule has 0 saturated carbocycles. The Bertz CT molecular complexity index is 663. The molecule has 1 amide bonds. The Balaban J connectivity index is 2.19. The van der Waals surface area contributed by atoms with Crippen LogP contribution in [0.3, 0.4) is 0 Å². The average Bonchev–Trinajstić information content (AvgIpc) is 2.42. The van der Waals surface area contributed by atoms with Crippen LogP contribution in [0.1, 0.15) is 33.3 Å². The normalized spacial score (nSPS) is 10.1. The zero-order chi connectivity index (χ0) is 14.7. The minimum Gasteiger partial charge on any atom is -0.397 e. The van der Waals surface area contributed by atoms with Crippen LogP contribution in [0.4, 0.5) is 11.4 Å². The second kappa shape index (κ2) is 5.52. The molecule has 0 unspecified atom stereocenters. The highest BCUT2D eigenvalue weighted by Gasteiger charge is 2.11. The fraction of sp³-hybridized carbons (Fsp3) is 0.133. The van der Waals surface area contributed by atoms with E-state index in [1.165, 1.54) is 13.1 Å². The molecular weight excluding hydrogens is 254 g/mol. The summed E-state index contributed by atoms with van der Waals surface area (Å²) >= 11 is 0. The SMILES string of the molecule is CC(=O)c1ccc(NC(=O)c2cc(N)cnc2C)cc1. The van der Waals surface area contributed by atoms with Crippen LogP contribution < -0.4 is 11.1 Å². The molecule has 3 N–H and O–H groups in total. The quantitative estimate of drug-likeness (QED) is 0.838. The van der Waals surface area contributed by atoms with Crippen LogP contribution in [0.5, 0.6) is 0 Å². The van der Waals surface area contributed by atoms with Crippen molar-refractivity contribution in [3.63, 3.8) is 0 Å². The largest absolute Gasteiger partial charge is 0.397 e. The first-order chi connectivity index (χ1) is 9.47. The van der Waals surface area contributed by atoms with Crippen LogP contribution in [0.25, 0.3) is 0 Å². The molecule has 20 heavy (non-hydrogen) atoms. The van der Waals surface area contributed by atoms with Crippen molar-refractivity contribution < 1.29 is 9.59 Å². The molecule has 102 valence electrons. The fourth-order valence-corrected chi connectivity index (χ4v) is 1.77. The van der Waals surface area contributed by atoms with Gasteiger partial charge in [0.25, 0.3) is 5.91 Å². The number of Topliss-reactive ketones (excluding diaryl/α,β-unsaturated/α-hetero) is 1. The number of aryl methyl sites for hydroxylation is 1. The summed E-state index contributed by atoms with van der Waals surface area (Å²) in [5.74, 6) is -0.295. The number of ketones is 1. The Kier molecular flexibility index (Phi) is 3.79. The number of aromatic nitrogens is 1. The Morgan fingerprint density at radius 1 is 1.20 bits per heavy atom. The minimum atomic E-state index is -0.280. The molecule has 5 heteroatoms. The lowest BCUT2D eigenvalue weighted by Gasteiger charge is -2.08. The molecule has 2 rings (SSSR count). The zero-order valence-electron chi connectivity index (χ0n) is 11.3. The van der Waals surface area contributed by atoms with Crippen molar-refractivity contribution in [1.82, 2.24) is 4.98 Å². The molecule has 0 bridgehead atoms. The summed E-state index contributed by atoms with van der Waals surface area (Å²) in [6, 6.07) is 8.29. The van der Waals surface area contributed by atoms with Gasteiger partial charge in [-0.1, -0.05) is 0 Å². The molecule has 0 aliphatic rings. The molecular formula is C15H15N3O2. The number of nitrogens with zero attached hydrogens (tertiary/aromatic N) is 1. The van der Waals surface area contributed by atoms with Crippen LogP contribution in [0, 0.1) is 6.92 Å². The summed E-state index contributed by atoms with van der Waals surface area (Å²) in [6.07, 6.45) is 1.51. The lowest BCUT2D eigenvalue weighted by atomic mass is 10.1. The van der Waals surface area contributed by atoms with Gasteiger partial charge in [-0.15, -0.1) is 0 Å². The van der Waals surface area contributed by atoms with Gasteiger partial charge in [-0.05, 0) is 44.2 Å². The summed E-state index contributed by atoms with van der Waals surface area (Å²) in [6.45, 7) is 3.24. The van der Waals surface area contributed by atoms with E-state index in [2.05, 4.69) is 10.3 Å². The van der Waals surface area contributed by atoms with Crippen molar-refractivity contribution in [2.75, 3.05) is 11.1 Å². The molecule has 1 heterocycles. The molecule has 1 aromatic heterocycles. The first kappa shape index (κ1) is 13.7. The van der Waals surface area contributed by atoms with Crippen LogP contribution in [0.15, 0.2) is 36.5 Å². The fourth-order valence-electron chi connectivity index (χ4n) is 1.77. The number of benzene rings is 1. The molecule has 0 spiro atoms. The van der Waals surface area contributed by atoms with Crippen LogP contribution in [-0.4, -0.2) is 16.7 Å². The van der Waals surface area contributed by atoms with E-state index in [1.54, 1.807) is 37.3 Å². The number of carbonyl (C=O) groups excluding carboxylic acids is 2. The predicted octanol–water partition coefficient (Wildman–Crippen LogP) is 2.43. The van der Waals surface area contributed by atoms with Gasteiger partial charge in [-0.3, -0.25) is 14.6 Å². The van der Waals surface area contributed by atoms with Crippen LogP contribution >= 0.6 is 0 Å². The molecule has 5 nitrogen and oxygen atoms in total. The van der Waals surface area contributed by atoms with Gasteiger partial charge in [-0.25, -0.2) is 0 Å². The Hall–Kier alpha value is -2.69. The number of rotatable bonds is 3. The molecule has 2 aromatic rings. The number of hydrogen-bond acceptors (Lipinski definition) is 4. The smallest absolute Gasteiger partial charge is 0.257 e. The summed E-state index contributed by atoms with van der Waals surface area (Å²) in [4.78, 5) is 27.4. The van der Waals surface area contributed by atoms with Gasteiger partial charge in [0.1, 0.15) is 0 Å². The summed E-state index contributed by atoms with van der Waals surface area (Å²) in [5, 5.41) is 2.75. The molecule has 0 atom stereocenters. The van der Waals surface area contributed by atoms with E-state index in [4.69, 9.17) is 5.73 Å². The van der Waals surface area contributed by atoms with Crippen molar-refractivity contribution in [3.05, 3.63) is 53.3 Å². The maximum absolute atomic E-state index is 12.1. The third-order valence-corrected chi connectivity index (χ3v) is 2.90. The van der Waals surface area contributed by atoms with Crippen molar-refractivity contribution in [2.24, 2.45) is 0 Å². The highest BCUT2D eigenvalue weighted by Crippen LogP contribution is 2.14. The molecule has 0 fully saturated rings. The Morgan fingerprint density at radius 2 is 1.85 bits per heavy atom. The number of carbonyl (C=O) groups is 2. The Morgan fingerprint density at radius 3 is 2.45 bits per heavy atom. The molecule has 0 aliphatic carbocycles. The van der Waals surface area contributed by atoms with Crippen LogP contribution in [0.2, 0.25) is 0 Å². The summed E-state index contributed by atoms with van der Waals surface area (Å²) in [5.41, 5.74) is 8.32. The lowest BCUT2D eigenvalue weighted by molar-refractivity contribution is 0.101. The first-order valence-electron chi connectivity index (χ1n) is 6.12. The monoisotopic (exact) mass is 269 g/mol. The van der Waals surface area contributed by atoms with E-state index >= 15 is 0 Å². The first-order valence-corrected chi connectivity index (χ1v) is 6.12. The van der Waals surface area contributed by atoms with E-state index < -0.39 is 0 Å². The van der Waals surface area contributed by atoms with Crippen molar-refractivity contribution in [1.29, 1.82) is 0 Å². The van der Waals surface area contributed by atoms with E-state index in [-0.39, 0.29) is 11.7 Å². The van der Waals surface area contributed by atoms with Gasteiger partial charge < -0.3 is 11.1 Å².